The van der Waals surface area contributed by atoms with Crippen LogP contribution in [0.1, 0.15) is 5.56 Å². The highest BCUT2D eigenvalue weighted by Gasteiger charge is 2.24. The number of hydrogen-bond donors (Lipinski definition) is 0. The van der Waals surface area contributed by atoms with E-state index in [0.717, 1.165) is 16.2 Å². The second-order valence-corrected chi connectivity index (χ2v) is 6.63. The van der Waals surface area contributed by atoms with Gasteiger partial charge in [0.1, 0.15) is 5.41 Å². The van der Waals surface area contributed by atoms with E-state index < -0.39 is 0 Å². The number of alkyl halides is 1. The van der Waals surface area contributed by atoms with Gasteiger partial charge in [-0.05, 0) is 34.1 Å². The molecule has 0 bridgehead atoms. The first-order valence-electron chi connectivity index (χ1n) is 5.16. The summed E-state index contributed by atoms with van der Waals surface area (Å²) in [5.41, 5.74) is 1.19. The second kappa shape index (κ2) is 5.65. The van der Waals surface area contributed by atoms with Gasteiger partial charge in [-0.3, -0.25) is 0 Å². The van der Waals surface area contributed by atoms with Crippen LogP contribution in [-0.4, -0.2) is 18.9 Å². The van der Waals surface area contributed by atoms with E-state index in [1.807, 2.05) is 6.07 Å². The molecule has 2 rings (SSSR count). The molecule has 0 radical (unpaired) electrons. The maximum Gasteiger partial charge on any atom is 0.172 e. The molecule has 1 heterocycles. The summed E-state index contributed by atoms with van der Waals surface area (Å²) in [7, 11) is 3.40. The van der Waals surface area contributed by atoms with Crippen molar-refractivity contribution in [1.82, 2.24) is 0 Å². The molecule has 0 saturated heterocycles. The Morgan fingerprint density at radius 2 is 1.82 bits per heavy atom. The van der Waals surface area contributed by atoms with Gasteiger partial charge in [0, 0.05) is 11.6 Å². The van der Waals surface area contributed by atoms with Gasteiger partial charge in [0.25, 0.3) is 0 Å². The standard InChI is InChI=1S/C13H14BrO2S/c1-15-11-7-10-5-3-4-6-17(9-14)13(10)8-12(11)16-2/h3-8H,9H2,1-2H3/q+1. The highest BCUT2D eigenvalue weighted by Crippen LogP contribution is 2.36. The summed E-state index contributed by atoms with van der Waals surface area (Å²) >= 11 is 3.56. The molecule has 1 aliphatic heterocycles. The van der Waals surface area contributed by atoms with Gasteiger partial charge in [-0.2, -0.15) is 0 Å². The van der Waals surface area contributed by atoms with Crippen molar-refractivity contribution < 1.29 is 9.47 Å². The Morgan fingerprint density at radius 3 is 2.47 bits per heavy atom. The monoisotopic (exact) mass is 313 g/mol. The first-order chi connectivity index (χ1) is 8.30. The van der Waals surface area contributed by atoms with E-state index in [-0.39, 0.29) is 10.9 Å². The van der Waals surface area contributed by atoms with Gasteiger partial charge in [0.15, 0.2) is 21.1 Å². The van der Waals surface area contributed by atoms with Crippen LogP contribution >= 0.6 is 15.9 Å². The maximum absolute atomic E-state index is 5.35. The van der Waals surface area contributed by atoms with Crippen LogP contribution in [0.15, 0.2) is 34.6 Å². The van der Waals surface area contributed by atoms with Crippen LogP contribution in [0, 0.1) is 0 Å². The summed E-state index contributed by atoms with van der Waals surface area (Å²) in [6, 6.07) is 4.10. The number of halogens is 1. The third-order valence-electron chi connectivity index (χ3n) is 2.55. The summed E-state index contributed by atoms with van der Waals surface area (Å²) in [4.78, 5) is 1.28. The van der Waals surface area contributed by atoms with Crippen LogP contribution in [0.2, 0.25) is 0 Å². The summed E-state index contributed by atoms with van der Waals surface area (Å²) in [6.07, 6.45) is 6.24. The zero-order valence-electron chi connectivity index (χ0n) is 9.77. The molecule has 1 atom stereocenters. The molecular formula is C13H14BrO2S+. The first kappa shape index (κ1) is 12.6. The molecule has 0 aliphatic carbocycles. The van der Waals surface area contributed by atoms with Crippen LogP contribution in [0.3, 0.4) is 0 Å². The molecule has 0 N–H and O–H groups in total. The van der Waals surface area contributed by atoms with Crippen LogP contribution in [0.4, 0.5) is 0 Å². The summed E-state index contributed by atoms with van der Waals surface area (Å²) in [6.45, 7) is 0. The predicted molar refractivity (Wildman–Crippen MR) is 77.1 cm³/mol. The summed E-state index contributed by atoms with van der Waals surface area (Å²) in [5, 5.41) is 2.21. The van der Waals surface area contributed by atoms with Crippen molar-refractivity contribution in [2.75, 3.05) is 18.9 Å². The number of benzene rings is 1. The minimum Gasteiger partial charge on any atom is -0.493 e. The van der Waals surface area contributed by atoms with Gasteiger partial charge < -0.3 is 9.47 Å². The Morgan fingerprint density at radius 1 is 1.12 bits per heavy atom. The molecule has 0 saturated carbocycles. The first-order valence-corrected chi connectivity index (χ1v) is 7.74. The maximum atomic E-state index is 5.35. The number of methoxy groups -OCH3 is 2. The van der Waals surface area contributed by atoms with Crippen LogP contribution in [-0.2, 0) is 10.9 Å². The zero-order chi connectivity index (χ0) is 12.3. The molecule has 0 spiro atoms. The van der Waals surface area contributed by atoms with Crippen molar-refractivity contribution in [3.05, 3.63) is 35.3 Å². The van der Waals surface area contributed by atoms with Crippen molar-refractivity contribution in [1.29, 1.82) is 0 Å². The molecular weight excluding hydrogens is 300 g/mol. The molecule has 17 heavy (non-hydrogen) atoms. The van der Waals surface area contributed by atoms with E-state index in [4.69, 9.17) is 9.47 Å². The van der Waals surface area contributed by atoms with E-state index in [0.29, 0.717) is 0 Å². The van der Waals surface area contributed by atoms with Crippen LogP contribution in [0.5, 0.6) is 11.5 Å². The van der Waals surface area contributed by atoms with Crippen LogP contribution in [0.25, 0.3) is 6.08 Å². The molecule has 1 aromatic rings. The fourth-order valence-corrected chi connectivity index (χ4v) is 4.20. The van der Waals surface area contributed by atoms with Crippen molar-refractivity contribution >= 4 is 32.9 Å². The Balaban J connectivity index is 2.56. The van der Waals surface area contributed by atoms with E-state index in [1.54, 1.807) is 14.2 Å². The fraction of sp³-hybridized carbons (Fsp3) is 0.231. The lowest BCUT2D eigenvalue weighted by atomic mass is 10.2. The Kier molecular flexibility index (Phi) is 4.18. The predicted octanol–water partition coefficient (Wildman–Crippen LogP) is 3.57. The topological polar surface area (TPSA) is 18.5 Å². The summed E-state index contributed by atoms with van der Waals surface area (Å²) < 4.78 is 11.6. The van der Waals surface area contributed by atoms with E-state index in [2.05, 4.69) is 45.6 Å². The van der Waals surface area contributed by atoms with Gasteiger partial charge in [-0.15, -0.1) is 0 Å². The van der Waals surface area contributed by atoms with Crippen molar-refractivity contribution in [2.24, 2.45) is 0 Å². The number of hydrogen-bond acceptors (Lipinski definition) is 2. The van der Waals surface area contributed by atoms with Crippen molar-refractivity contribution in [3.63, 3.8) is 0 Å². The Labute approximate surface area is 113 Å². The molecule has 1 aliphatic rings. The lowest BCUT2D eigenvalue weighted by Crippen LogP contribution is -2.03. The summed E-state index contributed by atoms with van der Waals surface area (Å²) in [5.74, 6) is 1.56. The molecule has 1 aromatic carbocycles. The van der Waals surface area contributed by atoms with Crippen molar-refractivity contribution in [2.45, 2.75) is 4.90 Å². The quantitative estimate of drug-likeness (QED) is 0.627. The van der Waals surface area contributed by atoms with Gasteiger partial charge >= 0.3 is 0 Å². The van der Waals surface area contributed by atoms with Crippen LogP contribution < -0.4 is 9.47 Å². The molecule has 4 heteroatoms. The zero-order valence-corrected chi connectivity index (χ0v) is 12.2. The molecule has 1 unspecified atom stereocenters. The average Bonchev–Trinajstić information content (AvgIpc) is 2.58. The van der Waals surface area contributed by atoms with Crippen molar-refractivity contribution in [3.8, 4) is 11.5 Å². The third kappa shape index (κ3) is 2.53. The van der Waals surface area contributed by atoms with Gasteiger partial charge in [-0.25, -0.2) is 0 Å². The number of fused-ring (bicyclic) bond motifs is 1. The smallest absolute Gasteiger partial charge is 0.172 e. The third-order valence-corrected chi connectivity index (χ3v) is 5.66. The molecule has 2 nitrogen and oxygen atoms in total. The largest absolute Gasteiger partial charge is 0.493 e. The van der Waals surface area contributed by atoms with E-state index in [9.17, 15) is 0 Å². The number of ether oxygens (including phenoxy) is 2. The minimum absolute atomic E-state index is 0.0720. The SMILES string of the molecule is COc1cc2c(cc1OC)[S+](CBr)C=CC=C2. The molecule has 0 aromatic heterocycles. The Bertz CT molecular complexity index is 469. The van der Waals surface area contributed by atoms with Gasteiger partial charge in [0.2, 0.25) is 0 Å². The Hall–Kier alpha value is -0.870. The number of rotatable bonds is 3. The molecule has 0 amide bonds. The minimum atomic E-state index is 0.0720. The van der Waals surface area contributed by atoms with Gasteiger partial charge in [0.05, 0.1) is 25.1 Å². The van der Waals surface area contributed by atoms with E-state index >= 15 is 0 Å². The lowest BCUT2D eigenvalue weighted by molar-refractivity contribution is 0.354. The molecule has 0 fully saturated rings. The number of allylic oxidation sites excluding steroid dienone is 2. The second-order valence-electron chi connectivity index (χ2n) is 3.47. The fourth-order valence-electron chi connectivity index (χ4n) is 1.70. The van der Waals surface area contributed by atoms with E-state index in [1.165, 1.54) is 10.5 Å². The van der Waals surface area contributed by atoms with Gasteiger partial charge in [-0.1, -0.05) is 6.08 Å². The highest BCUT2D eigenvalue weighted by molar-refractivity contribution is 9.10. The lowest BCUT2D eigenvalue weighted by Gasteiger charge is -2.10. The highest BCUT2D eigenvalue weighted by atomic mass is 79.9. The normalized spacial score (nSPS) is 17.5. The average molecular weight is 314 g/mol. The molecule has 90 valence electrons.